The molecule has 42 heavy (non-hydrogen) atoms. The number of carbonyl (C=O) groups is 1. The van der Waals surface area contributed by atoms with Crippen LogP contribution in [0.15, 0.2) is 24.3 Å². The first-order valence-electron chi connectivity index (χ1n) is 18.1. The van der Waals surface area contributed by atoms with Crippen molar-refractivity contribution in [1.82, 2.24) is 5.32 Å². The van der Waals surface area contributed by atoms with E-state index in [0.717, 1.165) is 32.1 Å². The second-order valence-electron chi connectivity index (χ2n) is 12.5. The maximum atomic E-state index is 12.3. The number of carbonyl (C=O) groups excluding carboxylic acids is 1. The van der Waals surface area contributed by atoms with Gasteiger partial charge in [-0.3, -0.25) is 4.79 Å². The lowest BCUT2D eigenvalue weighted by molar-refractivity contribution is -0.124. The number of aliphatic hydroxyl groups excluding tert-OH is 3. The topological polar surface area (TPSA) is 89.8 Å². The fraction of sp³-hybridized carbons (Fsp3) is 0.865. The van der Waals surface area contributed by atoms with E-state index in [1.807, 2.05) is 6.08 Å². The maximum Gasteiger partial charge on any atom is 0.222 e. The third-order valence-electron chi connectivity index (χ3n) is 8.24. The van der Waals surface area contributed by atoms with Gasteiger partial charge in [0.2, 0.25) is 5.91 Å². The van der Waals surface area contributed by atoms with Gasteiger partial charge in [0.1, 0.15) is 0 Å². The van der Waals surface area contributed by atoms with Crippen molar-refractivity contribution in [3.63, 3.8) is 0 Å². The van der Waals surface area contributed by atoms with Gasteiger partial charge in [-0.25, -0.2) is 0 Å². The molecule has 0 saturated carbocycles. The van der Waals surface area contributed by atoms with Crippen molar-refractivity contribution in [1.29, 1.82) is 0 Å². The molecule has 0 aromatic heterocycles. The number of hydrogen-bond donors (Lipinski definition) is 4. The van der Waals surface area contributed by atoms with Crippen LogP contribution in [-0.4, -0.2) is 46.1 Å². The zero-order valence-corrected chi connectivity index (χ0v) is 27.9. The van der Waals surface area contributed by atoms with E-state index in [0.29, 0.717) is 6.42 Å². The number of nitrogens with one attached hydrogen (secondary N) is 1. The van der Waals surface area contributed by atoms with Crippen LogP contribution in [0.1, 0.15) is 181 Å². The standard InChI is InChI=1S/C37H71NO4/c1-3-5-7-9-11-13-15-16-17-18-19-21-22-24-26-28-30-34(40)32-37(42)38-35(33-39)36(41)31-29-27-25-23-20-14-12-10-8-6-4-2/h20,23,29,31,34-36,39-41H,3-19,21-22,24-28,30,32-33H2,1-2H3,(H,38,42)/b23-20+,31-29+. The Morgan fingerprint density at radius 1 is 0.595 bits per heavy atom. The van der Waals surface area contributed by atoms with Crippen molar-refractivity contribution in [2.45, 2.75) is 199 Å². The fourth-order valence-electron chi connectivity index (χ4n) is 5.41. The van der Waals surface area contributed by atoms with E-state index < -0.39 is 18.2 Å². The predicted molar refractivity (Wildman–Crippen MR) is 181 cm³/mol. The third-order valence-corrected chi connectivity index (χ3v) is 8.24. The molecule has 0 heterocycles. The average Bonchev–Trinajstić information content (AvgIpc) is 2.98. The van der Waals surface area contributed by atoms with E-state index in [1.165, 1.54) is 122 Å². The molecule has 0 bridgehead atoms. The lowest BCUT2D eigenvalue weighted by atomic mass is 10.0. The fourth-order valence-corrected chi connectivity index (χ4v) is 5.41. The lowest BCUT2D eigenvalue weighted by Gasteiger charge is -2.21. The number of aliphatic hydroxyl groups is 3. The smallest absolute Gasteiger partial charge is 0.222 e. The minimum atomic E-state index is -0.945. The van der Waals surface area contributed by atoms with Gasteiger partial charge in [0.15, 0.2) is 0 Å². The Kier molecular flexibility index (Phi) is 31.8. The van der Waals surface area contributed by atoms with Crippen molar-refractivity contribution < 1.29 is 20.1 Å². The normalized spacial score (nSPS) is 14.1. The van der Waals surface area contributed by atoms with Gasteiger partial charge < -0.3 is 20.6 Å². The molecule has 0 aliphatic heterocycles. The quantitative estimate of drug-likeness (QED) is 0.0462. The summed E-state index contributed by atoms with van der Waals surface area (Å²) in [6.45, 7) is 4.16. The molecule has 0 aliphatic carbocycles. The molecule has 0 saturated heterocycles. The second kappa shape index (κ2) is 32.7. The Morgan fingerprint density at radius 3 is 1.52 bits per heavy atom. The van der Waals surface area contributed by atoms with E-state index in [9.17, 15) is 20.1 Å². The average molecular weight is 594 g/mol. The molecule has 4 N–H and O–H groups in total. The zero-order valence-electron chi connectivity index (χ0n) is 27.9. The molecule has 5 heteroatoms. The van der Waals surface area contributed by atoms with Gasteiger partial charge in [-0.2, -0.15) is 0 Å². The van der Waals surface area contributed by atoms with Gasteiger partial charge in [-0.15, -0.1) is 0 Å². The summed E-state index contributed by atoms with van der Waals surface area (Å²) in [6.07, 6.45) is 37.3. The van der Waals surface area contributed by atoms with Crippen LogP contribution in [0, 0.1) is 0 Å². The van der Waals surface area contributed by atoms with E-state index in [1.54, 1.807) is 6.08 Å². The van der Waals surface area contributed by atoms with Gasteiger partial charge in [0.05, 0.1) is 31.3 Å². The summed E-state index contributed by atoms with van der Waals surface area (Å²) in [5, 5.41) is 32.9. The monoisotopic (exact) mass is 594 g/mol. The van der Waals surface area contributed by atoms with E-state index in [4.69, 9.17) is 0 Å². The van der Waals surface area contributed by atoms with Crippen molar-refractivity contribution in [3.05, 3.63) is 24.3 Å². The number of amides is 1. The summed E-state index contributed by atoms with van der Waals surface area (Å²) in [4.78, 5) is 12.3. The summed E-state index contributed by atoms with van der Waals surface area (Å²) in [5.74, 6) is -0.327. The van der Waals surface area contributed by atoms with E-state index in [2.05, 4.69) is 31.3 Å². The summed E-state index contributed by atoms with van der Waals surface area (Å²) in [5.41, 5.74) is 0. The van der Waals surface area contributed by atoms with Crippen molar-refractivity contribution in [3.8, 4) is 0 Å². The Balaban J connectivity index is 3.74. The Bertz CT molecular complexity index is 621. The Morgan fingerprint density at radius 2 is 1.02 bits per heavy atom. The molecule has 3 atom stereocenters. The minimum Gasteiger partial charge on any atom is -0.394 e. The molecule has 3 unspecified atom stereocenters. The summed E-state index contributed by atoms with van der Waals surface area (Å²) in [7, 11) is 0. The van der Waals surface area contributed by atoms with Crippen LogP contribution < -0.4 is 5.32 Å². The Hall–Kier alpha value is -1.17. The number of allylic oxidation sites excluding steroid dienone is 3. The van der Waals surface area contributed by atoms with Crippen molar-refractivity contribution in [2.75, 3.05) is 6.61 Å². The van der Waals surface area contributed by atoms with Crippen LogP contribution in [-0.2, 0) is 4.79 Å². The first kappa shape index (κ1) is 40.8. The summed E-state index contributed by atoms with van der Waals surface area (Å²) < 4.78 is 0. The summed E-state index contributed by atoms with van der Waals surface area (Å²) >= 11 is 0. The predicted octanol–water partition coefficient (Wildman–Crippen LogP) is 9.48. The second-order valence-corrected chi connectivity index (χ2v) is 12.5. The molecule has 0 fully saturated rings. The van der Waals surface area contributed by atoms with Crippen LogP contribution >= 0.6 is 0 Å². The minimum absolute atomic E-state index is 0.00884. The van der Waals surface area contributed by atoms with Crippen LogP contribution in [0.25, 0.3) is 0 Å². The first-order chi connectivity index (χ1) is 20.5. The van der Waals surface area contributed by atoms with Crippen LogP contribution in [0.5, 0.6) is 0 Å². The molecule has 0 rings (SSSR count). The first-order valence-corrected chi connectivity index (χ1v) is 18.1. The van der Waals surface area contributed by atoms with Crippen molar-refractivity contribution in [2.24, 2.45) is 0 Å². The van der Waals surface area contributed by atoms with Crippen LogP contribution in [0.4, 0.5) is 0 Å². The molecule has 0 aromatic rings. The SMILES string of the molecule is CCCCCCC/C=C/CC/C=C/C(O)C(CO)NC(=O)CC(O)CCCCCCCCCCCCCCCCCC. The molecule has 248 valence electrons. The maximum absolute atomic E-state index is 12.3. The highest BCUT2D eigenvalue weighted by Gasteiger charge is 2.20. The van der Waals surface area contributed by atoms with Crippen LogP contribution in [0.2, 0.25) is 0 Å². The van der Waals surface area contributed by atoms with E-state index >= 15 is 0 Å². The highest BCUT2D eigenvalue weighted by molar-refractivity contribution is 5.76. The number of rotatable bonds is 32. The van der Waals surface area contributed by atoms with Gasteiger partial charge in [-0.1, -0.05) is 167 Å². The largest absolute Gasteiger partial charge is 0.394 e. The van der Waals surface area contributed by atoms with Gasteiger partial charge in [0, 0.05) is 0 Å². The molecule has 1 amide bonds. The van der Waals surface area contributed by atoms with Gasteiger partial charge >= 0.3 is 0 Å². The summed E-state index contributed by atoms with van der Waals surface area (Å²) in [6, 6.07) is -0.754. The molecular formula is C37H71NO4. The Labute approximate surface area is 261 Å². The van der Waals surface area contributed by atoms with Gasteiger partial charge in [-0.05, 0) is 32.1 Å². The molecule has 0 aromatic carbocycles. The molecule has 0 radical (unpaired) electrons. The third kappa shape index (κ3) is 28.9. The highest BCUT2D eigenvalue weighted by Crippen LogP contribution is 2.15. The van der Waals surface area contributed by atoms with E-state index in [-0.39, 0.29) is 18.9 Å². The molecular weight excluding hydrogens is 522 g/mol. The van der Waals surface area contributed by atoms with Crippen LogP contribution in [0.3, 0.4) is 0 Å². The number of unbranched alkanes of at least 4 members (excludes halogenated alkanes) is 21. The lowest BCUT2D eigenvalue weighted by Crippen LogP contribution is -2.45. The highest BCUT2D eigenvalue weighted by atomic mass is 16.3. The van der Waals surface area contributed by atoms with Gasteiger partial charge in [0.25, 0.3) is 0 Å². The molecule has 5 nitrogen and oxygen atoms in total. The van der Waals surface area contributed by atoms with Crippen molar-refractivity contribution >= 4 is 5.91 Å². The number of hydrogen-bond acceptors (Lipinski definition) is 4. The molecule has 0 aliphatic rings. The zero-order chi connectivity index (χ0) is 30.9. The molecule has 0 spiro atoms.